The normalized spacial score (nSPS) is 26.7. The zero-order valence-corrected chi connectivity index (χ0v) is 21.4. The number of hydrogen-bond acceptors (Lipinski definition) is 5. The van der Waals surface area contributed by atoms with Crippen molar-refractivity contribution < 1.29 is 26.3 Å². The molecule has 1 saturated heterocycles. The minimum absolute atomic E-state index is 0.0175. The van der Waals surface area contributed by atoms with Gasteiger partial charge in [-0.15, -0.1) is 0 Å². The van der Waals surface area contributed by atoms with Crippen molar-refractivity contribution in [3.8, 4) is 0 Å². The summed E-state index contributed by atoms with van der Waals surface area (Å²) < 4.78 is 70.3. The lowest BCUT2D eigenvalue weighted by molar-refractivity contribution is -0.143. The molecule has 1 aromatic carbocycles. The number of ether oxygens (including phenoxy) is 1. The summed E-state index contributed by atoms with van der Waals surface area (Å²) in [6.45, 7) is 0.945. The maximum atomic E-state index is 13.2. The highest BCUT2D eigenvalue weighted by atomic mass is 35.5. The van der Waals surface area contributed by atoms with Crippen LogP contribution in [0, 0.1) is 0 Å². The molecule has 0 spiro atoms. The molecule has 11 heteroatoms. The lowest BCUT2D eigenvalue weighted by Gasteiger charge is -2.46. The van der Waals surface area contributed by atoms with Crippen molar-refractivity contribution in [2.24, 2.45) is 7.05 Å². The van der Waals surface area contributed by atoms with E-state index in [4.69, 9.17) is 16.3 Å². The molecule has 1 aromatic heterocycles. The second kappa shape index (κ2) is 10.4. The maximum Gasteiger partial charge on any atom is 0.433 e. The molecule has 0 bridgehead atoms. The topological polar surface area (TPSA) is 64.4 Å². The summed E-state index contributed by atoms with van der Waals surface area (Å²) >= 11 is 6.02. The van der Waals surface area contributed by atoms with Crippen molar-refractivity contribution in [2.75, 3.05) is 25.2 Å². The van der Waals surface area contributed by atoms with Gasteiger partial charge in [0.25, 0.3) is 0 Å². The van der Waals surface area contributed by atoms with E-state index >= 15 is 0 Å². The average Bonchev–Trinajstić information content (AvgIpc) is 3.18. The van der Waals surface area contributed by atoms with Crippen LogP contribution >= 0.6 is 11.6 Å². The Morgan fingerprint density at radius 1 is 1.14 bits per heavy atom. The fourth-order valence-electron chi connectivity index (χ4n) is 5.39. The lowest BCUT2D eigenvalue weighted by atomic mass is 9.82. The molecule has 35 heavy (non-hydrogen) atoms. The first kappa shape index (κ1) is 26.4. The van der Waals surface area contributed by atoms with Gasteiger partial charge in [-0.3, -0.25) is 9.58 Å². The van der Waals surface area contributed by atoms with E-state index < -0.39 is 27.8 Å². The van der Waals surface area contributed by atoms with Gasteiger partial charge >= 0.3 is 6.18 Å². The predicted octanol–water partition coefficient (Wildman–Crippen LogP) is 4.48. The van der Waals surface area contributed by atoms with Crippen LogP contribution in [-0.2, 0) is 34.2 Å². The van der Waals surface area contributed by atoms with Crippen molar-refractivity contribution in [1.82, 2.24) is 14.7 Å². The fourth-order valence-corrected chi connectivity index (χ4v) is 6.39. The molecule has 2 atom stereocenters. The van der Waals surface area contributed by atoms with E-state index in [0.717, 1.165) is 42.3 Å². The third kappa shape index (κ3) is 6.78. The SMILES string of the molecule is Cn1nc(C2CCC(N3C[C@H](CS(C)(=O)=O)OC[C@@H]3Cc3ccc(Cl)cc3)CC2)cc1C(F)(F)F. The van der Waals surface area contributed by atoms with Gasteiger partial charge in [0.05, 0.1) is 24.2 Å². The number of benzene rings is 1. The molecule has 1 saturated carbocycles. The van der Waals surface area contributed by atoms with Crippen LogP contribution in [0.4, 0.5) is 13.2 Å². The van der Waals surface area contributed by atoms with E-state index in [1.54, 1.807) is 0 Å². The zero-order chi connectivity index (χ0) is 25.4. The molecule has 194 valence electrons. The highest BCUT2D eigenvalue weighted by Gasteiger charge is 2.39. The van der Waals surface area contributed by atoms with E-state index in [1.165, 1.54) is 19.4 Å². The molecule has 1 aliphatic heterocycles. The Kier molecular flexibility index (Phi) is 7.85. The van der Waals surface area contributed by atoms with Gasteiger partial charge in [-0.25, -0.2) is 8.42 Å². The summed E-state index contributed by atoms with van der Waals surface area (Å²) in [6.07, 6.45) is 0.243. The molecule has 0 N–H and O–H groups in total. The Morgan fingerprint density at radius 3 is 2.37 bits per heavy atom. The minimum Gasteiger partial charge on any atom is -0.374 e. The van der Waals surface area contributed by atoms with E-state index in [1.807, 2.05) is 24.3 Å². The quantitative estimate of drug-likeness (QED) is 0.548. The van der Waals surface area contributed by atoms with E-state index in [0.29, 0.717) is 23.9 Å². The van der Waals surface area contributed by atoms with Gasteiger partial charge in [-0.2, -0.15) is 18.3 Å². The van der Waals surface area contributed by atoms with Gasteiger partial charge < -0.3 is 4.74 Å². The zero-order valence-electron chi connectivity index (χ0n) is 19.8. The van der Waals surface area contributed by atoms with E-state index in [-0.39, 0.29) is 23.8 Å². The molecular formula is C24H31ClF3N3O3S. The summed E-state index contributed by atoms with van der Waals surface area (Å²) in [5.74, 6) is -0.0446. The molecule has 2 heterocycles. The molecule has 0 amide bonds. The second-order valence-corrected chi connectivity index (χ2v) is 12.4. The molecule has 0 radical (unpaired) electrons. The standard InChI is InChI=1S/C24H31ClF3N3O3S/c1-30-23(24(26,27)28)12-22(29-30)17-5-9-19(10-6-17)31-13-21(15-35(2,32)33)34-14-20(31)11-16-3-7-18(25)8-4-16/h3-4,7-8,12,17,19-21H,5-6,9-11,13-15H2,1-2H3/t17?,19?,20-,21+/m0/s1. The Balaban J connectivity index is 1.46. The summed E-state index contributed by atoms with van der Waals surface area (Å²) in [5, 5.41) is 4.82. The van der Waals surface area contributed by atoms with Gasteiger partial charge in [0, 0.05) is 42.9 Å². The lowest BCUT2D eigenvalue weighted by Crippen LogP contribution is -2.56. The first-order valence-electron chi connectivity index (χ1n) is 11.8. The number of aryl methyl sites for hydroxylation is 1. The summed E-state index contributed by atoms with van der Waals surface area (Å²) in [6, 6.07) is 9.14. The van der Waals surface area contributed by atoms with Crippen molar-refractivity contribution in [2.45, 2.75) is 62.4 Å². The number of nitrogens with zero attached hydrogens (tertiary/aromatic N) is 3. The highest BCUT2D eigenvalue weighted by Crippen LogP contribution is 2.38. The van der Waals surface area contributed by atoms with Crippen LogP contribution < -0.4 is 0 Å². The molecule has 2 aromatic rings. The van der Waals surface area contributed by atoms with Crippen LogP contribution in [0.1, 0.15) is 48.6 Å². The van der Waals surface area contributed by atoms with Crippen LogP contribution in [-0.4, -0.2) is 66.4 Å². The van der Waals surface area contributed by atoms with Crippen LogP contribution in [0.3, 0.4) is 0 Å². The molecular weight excluding hydrogens is 503 g/mol. The number of hydrogen-bond donors (Lipinski definition) is 0. The van der Waals surface area contributed by atoms with Crippen molar-refractivity contribution >= 4 is 21.4 Å². The number of alkyl halides is 3. The van der Waals surface area contributed by atoms with Crippen molar-refractivity contribution in [1.29, 1.82) is 0 Å². The van der Waals surface area contributed by atoms with Gasteiger partial charge in [0.15, 0.2) is 0 Å². The summed E-state index contributed by atoms with van der Waals surface area (Å²) in [4.78, 5) is 2.36. The number of sulfone groups is 1. The fraction of sp³-hybridized carbons (Fsp3) is 0.625. The first-order chi connectivity index (χ1) is 16.4. The van der Waals surface area contributed by atoms with Crippen LogP contribution in [0.5, 0.6) is 0 Å². The second-order valence-electron chi connectivity index (χ2n) is 9.81. The molecule has 2 aliphatic rings. The molecule has 2 fully saturated rings. The number of rotatable bonds is 6. The molecule has 4 rings (SSSR count). The first-order valence-corrected chi connectivity index (χ1v) is 14.2. The minimum atomic E-state index is -4.42. The van der Waals surface area contributed by atoms with Crippen molar-refractivity contribution in [3.63, 3.8) is 0 Å². The smallest absolute Gasteiger partial charge is 0.374 e. The highest BCUT2D eigenvalue weighted by molar-refractivity contribution is 7.90. The van der Waals surface area contributed by atoms with E-state index in [2.05, 4.69) is 10.00 Å². The van der Waals surface area contributed by atoms with Crippen LogP contribution in [0.15, 0.2) is 30.3 Å². The number of halogens is 4. The Hall–Kier alpha value is -1.62. The van der Waals surface area contributed by atoms with Gasteiger partial charge in [-0.05, 0) is 55.9 Å². The molecule has 1 aliphatic carbocycles. The number of aromatic nitrogens is 2. The van der Waals surface area contributed by atoms with Crippen LogP contribution in [0.25, 0.3) is 0 Å². The summed E-state index contributed by atoms with van der Waals surface area (Å²) in [7, 11) is -1.86. The van der Waals surface area contributed by atoms with Crippen LogP contribution in [0.2, 0.25) is 5.02 Å². The van der Waals surface area contributed by atoms with Gasteiger partial charge in [0.2, 0.25) is 0 Å². The Labute approximate surface area is 209 Å². The van der Waals surface area contributed by atoms with Gasteiger partial charge in [0.1, 0.15) is 15.5 Å². The Bertz CT molecular complexity index is 1110. The molecule has 0 unspecified atom stereocenters. The monoisotopic (exact) mass is 533 g/mol. The van der Waals surface area contributed by atoms with Crippen molar-refractivity contribution in [3.05, 3.63) is 52.3 Å². The maximum absolute atomic E-state index is 13.2. The largest absolute Gasteiger partial charge is 0.433 e. The van der Waals surface area contributed by atoms with Gasteiger partial charge in [-0.1, -0.05) is 23.7 Å². The average molecular weight is 534 g/mol. The Morgan fingerprint density at radius 2 is 1.80 bits per heavy atom. The third-order valence-electron chi connectivity index (χ3n) is 7.05. The molecule has 6 nitrogen and oxygen atoms in total. The summed E-state index contributed by atoms with van der Waals surface area (Å²) in [5.41, 5.74) is 0.888. The third-order valence-corrected chi connectivity index (χ3v) is 8.28. The predicted molar refractivity (Wildman–Crippen MR) is 128 cm³/mol. The van der Waals surface area contributed by atoms with E-state index in [9.17, 15) is 21.6 Å². The number of morpholine rings is 1.